The van der Waals surface area contributed by atoms with Crippen molar-refractivity contribution in [1.29, 1.82) is 0 Å². The maximum atomic E-state index is 13.4. The van der Waals surface area contributed by atoms with Crippen molar-refractivity contribution < 1.29 is 37.1 Å². The summed E-state index contributed by atoms with van der Waals surface area (Å²) in [5, 5.41) is 4.23. The van der Waals surface area contributed by atoms with Gasteiger partial charge < -0.3 is 24.1 Å². The molecule has 0 spiro atoms. The van der Waals surface area contributed by atoms with Crippen LogP contribution in [0.25, 0.3) is 0 Å². The Kier molecular flexibility index (Phi) is 8.15. The van der Waals surface area contributed by atoms with E-state index in [2.05, 4.69) is 19.9 Å². The third-order valence-corrected chi connectivity index (χ3v) is 5.44. The Morgan fingerprint density at radius 1 is 1.15 bits per heavy atom. The average Bonchev–Trinajstić information content (AvgIpc) is 2.81. The van der Waals surface area contributed by atoms with E-state index in [0.717, 1.165) is 19.0 Å². The van der Waals surface area contributed by atoms with E-state index in [4.69, 9.17) is 9.57 Å². The topological polar surface area (TPSA) is 106 Å². The highest BCUT2D eigenvalue weighted by molar-refractivity contribution is 5.90. The minimum absolute atomic E-state index is 0.111. The van der Waals surface area contributed by atoms with Gasteiger partial charge in [0.25, 0.3) is 0 Å². The fourth-order valence-corrected chi connectivity index (χ4v) is 3.63. The van der Waals surface area contributed by atoms with E-state index in [-0.39, 0.29) is 24.2 Å². The lowest BCUT2D eigenvalue weighted by atomic mass is 10.1. The van der Waals surface area contributed by atoms with Crippen LogP contribution >= 0.6 is 0 Å². The highest BCUT2D eigenvalue weighted by Gasteiger charge is 2.39. The summed E-state index contributed by atoms with van der Waals surface area (Å²) in [4.78, 5) is 40.0. The summed E-state index contributed by atoms with van der Waals surface area (Å²) >= 11 is 0. The molecule has 0 aliphatic carbocycles. The number of esters is 1. The Labute approximate surface area is 195 Å². The summed E-state index contributed by atoms with van der Waals surface area (Å²) in [5.41, 5.74) is -1.26. The molecule has 188 valence electrons. The van der Waals surface area contributed by atoms with Gasteiger partial charge in [0.2, 0.25) is 5.95 Å². The van der Waals surface area contributed by atoms with Crippen LogP contribution in [0.4, 0.5) is 23.9 Å². The predicted molar refractivity (Wildman–Crippen MR) is 115 cm³/mol. The molecule has 0 saturated carbocycles. The van der Waals surface area contributed by atoms with Gasteiger partial charge >= 0.3 is 18.2 Å². The number of hydrogen-bond acceptors (Lipinski definition) is 9. The molecule has 1 aromatic heterocycles. The minimum atomic E-state index is -4.82. The Hall–Kier alpha value is -3.12. The van der Waals surface area contributed by atoms with Crippen LogP contribution in [0.5, 0.6) is 0 Å². The van der Waals surface area contributed by atoms with Crippen molar-refractivity contribution in [2.45, 2.75) is 57.9 Å². The van der Waals surface area contributed by atoms with E-state index in [1.807, 2.05) is 0 Å². The third kappa shape index (κ3) is 6.48. The third-order valence-electron chi connectivity index (χ3n) is 5.44. The average molecular weight is 487 g/mol. The number of ether oxygens (including phenoxy) is 2. The van der Waals surface area contributed by atoms with Crippen molar-refractivity contribution in [3.8, 4) is 0 Å². The molecule has 2 aliphatic heterocycles. The second-order valence-electron chi connectivity index (χ2n) is 8.29. The second-order valence-corrected chi connectivity index (χ2v) is 8.29. The molecule has 0 unspecified atom stereocenters. The van der Waals surface area contributed by atoms with Crippen molar-refractivity contribution in [2.75, 3.05) is 38.2 Å². The van der Waals surface area contributed by atoms with Crippen molar-refractivity contribution in [3.63, 3.8) is 0 Å². The molecule has 2 aliphatic rings. The van der Waals surface area contributed by atoms with Crippen molar-refractivity contribution in [1.82, 2.24) is 14.9 Å². The van der Waals surface area contributed by atoms with Gasteiger partial charge in [0.1, 0.15) is 11.7 Å². The van der Waals surface area contributed by atoms with Gasteiger partial charge in [-0.05, 0) is 13.8 Å². The van der Waals surface area contributed by atoms with Gasteiger partial charge in [-0.15, -0.1) is 0 Å². The van der Waals surface area contributed by atoms with E-state index in [1.54, 1.807) is 23.6 Å². The molecule has 1 aromatic rings. The molecule has 34 heavy (non-hydrogen) atoms. The standard InChI is InChI=1S/C21H28F3N5O5/c1-13(2)33-20(31)29-10-6-15(7-11-29)34-27-14-4-8-28(9-5-14)19-25-12-16(18(30)32-3)17(26-19)21(22,23)24/h12-13,15H,4-11H2,1-3H3. The summed E-state index contributed by atoms with van der Waals surface area (Å²) < 4.78 is 49.7. The molecule has 3 rings (SSSR count). The summed E-state index contributed by atoms with van der Waals surface area (Å²) in [5.74, 6) is -1.26. The van der Waals surface area contributed by atoms with Crippen LogP contribution in [0.3, 0.4) is 0 Å². The Balaban J connectivity index is 1.53. The van der Waals surface area contributed by atoms with Gasteiger partial charge in [0, 0.05) is 58.1 Å². The largest absolute Gasteiger partial charge is 0.465 e. The fraction of sp³-hybridized carbons (Fsp3) is 0.667. The van der Waals surface area contributed by atoms with Gasteiger partial charge in [-0.2, -0.15) is 13.2 Å². The lowest BCUT2D eigenvalue weighted by molar-refractivity contribution is -0.141. The van der Waals surface area contributed by atoms with Gasteiger partial charge in [0.05, 0.1) is 18.9 Å². The van der Waals surface area contributed by atoms with Crippen LogP contribution in [-0.2, 0) is 20.5 Å². The first-order valence-corrected chi connectivity index (χ1v) is 11.0. The zero-order valence-electron chi connectivity index (χ0n) is 19.3. The number of likely N-dealkylation sites (tertiary alicyclic amines) is 1. The van der Waals surface area contributed by atoms with Crippen molar-refractivity contribution >= 4 is 23.7 Å². The molecule has 10 nitrogen and oxygen atoms in total. The Bertz CT molecular complexity index is 907. The van der Waals surface area contributed by atoms with Crippen LogP contribution in [0, 0.1) is 0 Å². The number of aromatic nitrogens is 2. The Morgan fingerprint density at radius 2 is 1.79 bits per heavy atom. The molecule has 0 radical (unpaired) electrons. The summed E-state index contributed by atoms with van der Waals surface area (Å²) in [7, 11) is 0.994. The number of piperidine rings is 2. The summed E-state index contributed by atoms with van der Waals surface area (Å²) in [6.45, 7) is 5.36. The first-order chi connectivity index (χ1) is 16.1. The van der Waals surface area contributed by atoms with Crippen molar-refractivity contribution in [3.05, 3.63) is 17.5 Å². The highest BCUT2D eigenvalue weighted by Crippen LogP contribution is 2.32. The minimum Gasteiger partial charge on any atom is -0.465 e. The number of nitrogens with zero attached hydrogens (tertiary/aromatic N) is 5. The molecular formula is C21H28F3N5O5. The maximum Gasteiger partial charge on any atom is 0.434 e. The highest BCUT2D eigenvalue weighted by atomic mass is 19.4. The first kappa shape index (κ1) is 25.5. The molecule has 2 saturated heterocycles. The Morgan fingerprint density at radius 3 is 2.35 bits per heavy atom. The number of methoxy groups -OCH3 is 1. The molecule has 13 heteroatoms. The number of carbonyl (C=O) groups is 2. The van der Waals surface area contributed by atoms with E-state index in [0.29, 0.717) is 51.9 Å². The second kappa shape index (κ2) is 10.9. The fourth-order valence-electron chi connectivity index (χ4n) is 3.63. The van der Waals surface area contributed by atoms with Gasteiger partial charge in [-0.25, -0.2) is 19.6 Å². The molecule has 0 atom stereocenters. The lowest BCUT2D eigenvalue weighted by Crippen LogP contribution is -2.41. The number of carbonyl (C=O) groups excluding carboxylic acids is 2. The maximum absolute atomic E-state index is 13.4. The quantitative estimate of drug-likeness (QED) is 0.460. The number of rotatable bonds is 5. The molecule has 0 N–H and O–H groups in total. The number of anilines is 1. The zero-order valence-corrected chi connectivity index (χ0v) is 19.3. The SMILES string of the molecule is COC(=O)c1cnc(N2CCC(=NOC3CCN(C(=O)OC(C)C)CC3)CC2)nc1C(F)(F)F. The van der Waals surface area contributed by atoms with Gasteiger partial charge in [-0.3, -0.25) is 0 Å². The molecule has 2 fully saturated rings. The molecular weight excluding hydrogens is 459 g/mol. The van der Waals surface area contributed by atoms with Crippen LogP contribution < -0.4 is 4.90 Å². The monoisotopic (exact) mass is 487 g/mol. The van der Waals surface area contributed by atoms with E-state index >= 15 is 0 Å². The lowest BCUT2D eigenvalue weighted by Gasteiger charge is -2.31. The first-order valence-electron chi connectivity index (χ1n) is 11.0. The van der Waals surface area contributed by atoms with Gasteiger partial charge in [0.15, 0.2) is 5.69 Å². The zero-order chi connectivity index (χ0) is 24.9. The number of oxime groups is 1. The molecule has 1 amide bonds. The van der Waals surface area contributed by atoms with Crippen molar-refractivity contribution in [2.24, 2.45) is 5.16 Å². The summed E-state index contributed by atoms with van der Waals surface area (Å²) in [6, 6.07) is 0. The molecule has 0 aromatic carbocycles. The number of amides is 1. The van der Waals surface area contributed by atoms with E-state index < -0.39 is 23.4 Å². The van der Waals surface area contributed by atoms with E-state index in [9.17, 15) is 22.8 Å². The van der Waals surface area contributed by atoms with Crippen LogP contribution in [-0.4, -0.2) is 78.1 Å². The van der Waals surface area contributed by atoms with Crippen LogP contribution in [0.2, 0.25) is 0 Å². The van der Waals surface area contributed by atoms with Crippen LogP contribution in [0.1, 0.15) is 55.6 Å². The van der Waals surface area contributed by atoms with Gasteiger partial charge in [-0.1, -0.05) is 5.16 Å². The van der Waals surface area contributed by atoms with Crippen LogP contribution in [0.15, 0.2) is 11.4 Å². The number of hydrogen-bond donors (Lipinski definition) is 0. The number of halogens is 3. The summed E-state index contributed by atoms with van der Waals surface area (Å²) in [6.07, 6.45) is -2.37. The number of alkyl halides is 3. The molecule has 3 heterocycles. The normalized spacial score (nSPS) is 17.6. The molecule has 0 bridgehead atoms. The van der Waals surface area contributed by atoms with E-state index in [1.165, 1.54) is 0 Å². The predicted octanol–water partition coefficient (Wildman–Crippen LogP) is 3.26. The smallest absolute Gasteiger partial charge is 0.434 e.